The lowest BCUT2D eigenvalue weighted by molar-refractivity contribution is -0.128. The van der Waals surface area contributed by atoms with E-state index in [4.69, 9.17) is 14.7 Å². The summed E-state index contributed by atoms with van der Waals surface area (Å²) in [5, 5.41) is 8.01. The lowest BCUT2D eigenvalue weighted by Crippen LogP contribution is -2.32. The van der Waals surface area contributed by atoms with Gasteiger partial charge in [0.05, 0.1) is 6.61 Å². The maximum atomic E-state index is 13.0. The van der Waals surface area contributed by atoms with Gasteiger partial charge in [-0.1, -0.05) is 18.1 Å². The highest BCUT2D eigenvalue weighted by atomic mass is 32.2. The van der Waals surface area contributed by atoms with Gasteiger partial charge in [0.2, 0.25) is 5.25 Å². The summed E-state index contributed by atoms with van der Waals surface area (Å²) < 4.78 is 23.9. The van der Waals surface area contributed by atoms with Crippen LogP contribution in [0.4, 0.5) is 0 Å². The topological polar surface area (TPSA) is 90.9 Å². The summed E-state index contributed by atoms with van der Waals surface area (Å²) in [5.41, 5.74) is 2.07. The van der Waals surface area contributed by atoms with Crippen LogP contribution in [0.15, 0.2) is 53.4 Å². The molecule has 2 N–H and O–H groups in total. The van der Waals surface area contributed by atoms with E-state index in [1.165, 1.54) is 0 Å². The molecular weight excluding hydrogens is 366 g/mol. The molecule has 0 fully saturated rings. The molecule has 2 rings (SSSR count). The Hall–Kier alpha value is -2.66. The lowest BCUT2D eigenvalue weighted by atomic mass is 10.1. The predicted octanol–water partition coefficient (Wildman–Crippen LogP) is 2.84. The molecule has 0 aromatic heterocycles. The zero-order valence-electron chi connectivity index (χ0n) is 15.1. The third-order valence-corrected chi connectivity index (χ3v) is 5.23. The Morgan fingerprint density at radius 2 is 1.96 bits per heavy atom. The minimum absolute atomic E-state index is 0.263. The third kappa shape index (κ3) is 5.66. The lowest BCUT2D eigenvalue weighted by Gasteiger charge is -2.20. The van der Waals surface area contributed by atoms with Crippen molar-refractivity contribution in [2.45, 2.75) is 24.0 Å². The molecule has 2 aromatic carbocycles. The number of hydrogen-bond acceptors (Lipinski definition) is 5. The average Bonchev–Trinajstić information content (AvgIpc) is 2.69. The van der Waals surface area contributed by atoms with Crippen molar-refractivity contribution in [2.75, 3.05) is 13.2 Å². The summed E-state index contributed by atoms with van der Waals surface area (Å²) in [4.78, 5) is 12.6. The van der Waals surface area contributed by atoms with E-state index in [2.05, 4.69) is 11.8 Å². The van der Waals surface area contributed by atoms with Crippen molar-refractivity contribution < 1.29 is 24.0 Å². The smallest absolute Gasteiger partial charge is 0.301 e. The number of amides is 1. The highest BCUT2D eigenvalue weighted by Gasteiger charge is 2.34. The Labute approximate surface area is 161 Å². The summed E-state index contributed by atoms with van der Waals surface area (Å²) >= 11 is -1.74. The van der Waals surface area contributed by atoms with E-state index in [0.717, 1.165) is 0 Å². The number of benzene rings is 2. The molecule has 0 saturated carbocycles. The third-order valence-electron chi connectivity index (χ3n) is 3.58. The second-order valence-electron chi connectivity index (χ2n) is 5.35. The van der Waals surface area contributed by atoms with Crippen LogP contribution in [0.25, 0.3) is 0 Å². The van der Waals surface area contributed by atoms with Crippen LogP contribution in [-0.2, 0) is 16.0 Å². The molecule has 0 bridgehead atoms. The standard InChI is InChI=1S/C20H21NO5S/c1-3-5-13-26-16-9-11-18(12-10-16)27(24)19(20(22)21-23)15-7-6-8-17(14-15)25-4-2/h6-12,14,19,23H,4,13H2,1-2H3,(H,21,22). The number of hydroxylamine groups is 1. The van der Waals surface area contributed by atoms with Gasteiger partial charge in [-0.15, -0.1) is 5.92 Å². The highest BCUT2D eigenvalue weighted by Crippen LogP contribution is 2.32. The van der Waals surface area contributed by atoms with Crippen LogP contribution in [-0.4, -0.2) is 28.9 Å². The first-order valence-electron chi connectivity index (χ1n) is 8.30. The van der Waals surface area contributed by atoms with Gasteiger partial charge >= 0.3 is 5.91 Å². The monoisotopic (exact) mass is 387 g/mol. The first-order valence-corrected chi connectivity index (χ1v) is 9.51. The van der Waals surface area contributed by atoms with E-state index in [1.807, 2.05) is 6.92 Å². The largest absolute Gasteiger partial charge is 0.611 e. The molecule has 2 unspecified atom stereocenters. The van der Waals surface area contributed by atoms with Crippen molar-refractivity contribution in [3.05, 3.63) is 54.1 Å². The Morgan fingerprint density at radius 1 is 1.22 bits per heavy atom. The Balaban J connectivity index is 2.26. The van der Waals surface area contributed by atoms with E-state index in [1.54, 1.807) is 60.9 Å². The Kier molecular flexibility index (Phi) is 8.01. The average molecular weight is 387 g/mol. The molecule has 0 aliphatic rings. The zero-order chi connectivity index (χ0) is 19.6. The van der Waals surface area contributed by atoms with Gasteiger partial charge in [-0.3, -0.25) is 10.0 Å². The number of rotatable bonds is 8. The summed E-state index contributed by atoms with van der Waals surface area (Å²) in [6, 6.07) is 13.3. The van der Waals surface area contributed by atoms with Crippen LogP contribution in [0.2, 0.25) is 0 Å². The van der Waals surface area contributed by atoms with Gasteiger partial charge < -0.3 is 14.0 Å². The van der Waals surface area contributed by atoms with Gasteiger partial charge in [-0.05, 0) is 50.2 Å². The maximum Gasteiger partial charge on any atom is 0.301 e. The number of ether oxygens (including phenoxy) is 2. The molecular formula is C20H21NO5S. The van der Waals surface area contributed by atoms with E-state index in [0.29, 0.717) is 28.6 Å². The molecule has 0 radical (unpaired) electrons. The van der Waals surface area contributed by atoms with Crippen molar-refractivity contribution in [3.8, 4) is 23.3 Å². The summed E-state index contributed by atoms with van der Waals surface area (Å²) in [6.07, 6.45) is 0. The molecule has 2 aromatic rings. The van der Waals surface area contributed by atoms with Gasteiger partial charge in [-0.25, -0.2) is 5.48 Å². The minimum atomic E-state index is -1.74. The van der Waals surface area contributed by atoms with Gasteiger partial charge in [0.25, 0.3) is 0 Å². The van der Waals surface area contributed by atoms with Crippen LogP contribution in [0.5, 0.6) is 11.5 Å². The first kappa shape index (κ1) is 20.6. The highest BCUT2D eigenvalue weighted by molar-refractivity contribution is 7.92. The molecule has 0 aliphatic heterocycles. The minimum Gasteiger partial charge on any atom is -0.611 e. The maximum absolute atomic E-state index is 13.0. The van der Waals surface area contributed by atoms with Crippen molar-refractivity contribution in [2.24, 2.45) is 0 Å². The first-order chi connectivity index (χ1) is 13.1. The molecule has 1 amide bonds. The fourth-order valence-electron chi connectivity index (χ4n) is 2.36. The van der Waals surface area contributed by atoms with Crippen LogP contribution in [0.1, 0.15) is 24.7 Å². The van der Waals surface area contributed by atoms with E-state index in [-0.39, 0.29) is 6.61 Å². The summed E-state index contributed by atoms with van der Waals surface area (Å²) in [5.74, 6) is 5.90. The molecule has 0 saturated heterocycles. The number of nitrogens with one attached hydrogen (secondary N) is 1. The van der Waals surface area contributed by atoms with Crippen molar-refractivity contribution >= 4 is 17.1 Å². The number of carbonyl (C=O) groups excluding carboxylic acids is 1. The SMILES string of the molecule is CC#CCOc1ccc([S+]([O-])C(C(=O)NO)c2cccc(OCC)c2)cc1. The molecule has 142 valence electrons. The van der Waals surface area contributed by atoms with Gasteiger partial charge in [0.15, 0.2) is 4.90 Å². The predicted molar refractivity (Wildman–Crippen MR) is 102 cm³/mol. The van der Waals surface area contributed by atoms with Crippen molar-refractivity contribution in [1.82, 2.24) is 5.48 Å². The van der Waals surface area contributed by atoms with E-state index >= 15 is 0 Å². The summed E-state index contributed by atoms with van der Waals surface area (Å²) in [6.45, 7) is 4.30. The van der Waals surface area contributed by atoms with Crippen LogP contribution in [0, 0.1) is 11.8 Å². The molecule has 0 spiro atoms. The molecule has 0 heterocycles. The Morgan fingerprint density at radius 3 is 2.59 bits per heavy atom. The fraction of sp³-hybridized carbons (Fsp3) is 0.250. The van der Waals surface area contributed by atoms with E-state index in [9.17, 15) is 9.35 Å². The molecule has 27 heavy (non-hydrogen) atoms. The number of hydrogen-bond donors (Lipinski definition) is 2. The molecule has 7 heteroatoms. The van der Waals surface area contributed by atoms with Gasteiger partial charge in [0, 0.05) is 16.7 Å². The Bertz CT molecular complexity index is 813. The zero-order valence-corrected chi connectivity index (χ0v) is 15.9. The van der Waals surface area contributed by atoms with Gasteiger partial charge in [0.1, 0.15) is 18.1 Å². The molecule has 0 aliphatic carbocycles. The van der Waals surface area contributed by atoms with Gasteiger partial charge in [-0.2, -0.15) is 0 Å². The van der Waals surface area contributed by atoms with Crippen molar-refractivity contribution in [3.63, 3.8) is 0 Å². The summed E-state index contributed by atoms with van der Waals surface area (Å²) in [7, 11) is 0. The van der Waals surface area contributed by atoms with Crippen LogP contribution >= 0.6 is 0 Å². The van der Waals surface area contributed by atoms with Crippen molar-refractivity contribution in [1.29, 1.82) is 0 Å². The van der Waals surface area contributed by atoms with Crippen LogP contribution in [0.3, 0.4) is 0 Å². The second kappa shape index (κ2) is 10.5. The molecule has 2 atom stereocenters. The van der Waals surface area contributed by atoms with Crippen LogP contribution < -0.4 is 15.0 Å². The molecule has 6 nitrogen and oxygen atoms in total. The number of carbonyl (C=O) groups is 1. The second-order valence-corrected chi connectivity index (χ2v) is 6.88. The van der Waals surface area contributed by atoms with E-state index < -0.39 is 22.3 Å². The quantitative estimate of drug-likeness (QED) is 0.315. The fourth-order valence-corrected chi connectivity index (χ4v) is 3.68. The normalized spacial score (nSPS) is 12.3.